The van der Waals surface area contributed by atoms with Gasteiger partial charge in [0.05, 0.1) is 16.3 Å². The lowest BCUT2D eigenvalue weighted by Crippen LogP contribution is -2.48. The summed E-state index contributed by atoms with van der Waals surface area (Å²) in [4.78, 5) is 24.9. The molecule has 1 aliphatic heterocycles. The van der Waals surface area contributed by atoms with Crippen molar-refractivity contribution in [2.45, 2.75) is 30.7 Å². The van der Waals surface area contributed by atoms with Gasteiger partial charge in [0.15, 0.2) is 5.58 Å². The van der Waals surface area contributed by atoms with Crippen LogP contribution in [0.5, 0.6) is 0 Å². The third-order valence-electron chi connectivity index (χ3n) is 4.25. The Balaban J connectivity index is 2.01. The molecule has 2 N–H and O–H groups in total. The Bertz CT molecular complexity index is 913. The number of nitrogens with one attached hydrogen (secondary N) is 1. The van der Waals surface area contributed by atoms with E-state index in [-0.39, 0.29) is 17.0 Å². The number of carbonyl (C=O) groups is 1. The first-order valence-corrected chi connectivity index (χ1v) is 8.62. The molecule has 9 heteroatoms. The van der Waals surface area contributed by atoms with Gasteiger partial charge in [-0.2, -0.15) is 4.31 Å². The molecule has 2 heterocycles. The first-order valence-electron chi connectivity index (χ1n) is 7.18. The van der Waals surface area contributed by atoms with Gasteiger partial charge in [0.25, 0.3) is 0 Å². The summed E-state index contributed by atoms with van der Waals surface area (Å²) in [6.45, 7) is 1.87. The number of carboxylic acid groups (broad SMARTS) is 1. The standard InChI is InChI=1S/C14H16N2O6S/c1-8-10(13(17)18)3-2-6-16(8)23(20,21)9-4-5-11-12(7-9)22-14(19)15-11/h4-5,7-8,10H,2-3,6H2,1H3,(H,15,19)(H,17,18)/t8-,10-/m1/s1. The van der Waals surface area contributed by atoms with Crippen molar-refractivity contribution in [1.82, 2.24) is 9.29 Å². The highest BCUT2D eigenvalue weighted by molar-refractivity contribution is 7.89. The number of carboxylic acids is 1. The molecular weight excluding hydrogens is 324 g/mol. The van der Waals surface area contributed by atoms with Gasteiger partial charge in [-0.25, -0.2) is 13.2 Å². The SMILES string of the molecule is C[C@@H]1[C@H](C(=O)O)CCCN1S(=O)(=O)c1ccc2[nH]c(=O)oc2c1. The average molecular weight is 340 g/mol. The van der Waals surface area contributed by atoms with Crippen molar-refractivity contribution < 1.29 is 22.7 Å². The summed E-state index contributed by atoms with van der Waals surface area (Å²) >= 11 is 0. The number of aromatic amines is 1. The van der Waals surface area contributed by atoms with E-state index in [0.717, 1.165) is 0 Å². The highest BCUT2D eigenvalue weighted by Crippen LogP contribution is 2.30. The fourth-order valence-electron chi connectivity index (χ4n) is 3.00. The van der Waals surface area contributed by atoms with Crippen molar-refractivity contribution in [2.75, 3.05) is 6.54 Å². The van der Waals surface area contributed by atoms with E-state index in [9.17, 15) is 23.1 Å². The molecule has 0 saturated carbocycles. The topological polar surface area (TPSA) is 121 Å². The number of piperidine rings is 1. The molecule has 2 aromatic rings. The van der Waals surface area contributed by atoms with Crippen LogP contribution in [0.2, 0.25) is 0 Å². The van der Waals surface area contributed by atoms with Gasteiger partial charge in [-0.15, -0.1) is 0 Å². The monoisotopic (exact) mass is 340 g/mol. The van der Waals surface area contributed by atoms with E-state index in [4.69, 9.17) is 4.42 Å². The summed E-state index contributed by atoms with van der Waals surface area (Å²) in [6.07, 6.45) is 0.941. The molecule has 8 nitrogen and oxygen atoms in total. The van der Waals surface area contributed by atoms with Gasteiger partial charge in [-0.1, -0.05) is 0 Å². The molecule has 0 aliphatic carbocycles. The number of rotatable bonds is 3. The molecule has 0 radical (unpaired) electrons. The number of fused-ring (bicyclic) bond motifs is 1. The number of aliphatic carboxylic acids is 1. The molecule has 0 unspecified atom stereocenters. The molecule has 3 rings (SSSR count). The molecule has 23 heavy (non-hydrogen) atoms. The van der Waals surface area contributed by atoms with E-state index in [1.165, 1.54) is 22.5 Å². The van der Waals surface area contributed by atoms with Crippen LogP contribution in [0, 0.1) is 5.92 Å². The van der Waals surface area contributed by atoms with Gasteiger partial charge < -0.3 is 9.52 Å². The van der Waals surface area contributed by atoms with Crippen LogP contribution in [-0.2, 0) is 14.8 Å². The van der Waals surface area contributed by atoms with Crippen molar-refractivity contribution in [3.8, 4) is 0 Å². The Hall–Kier alpha value is -2.13. The number of benzene rings is 1. The smallest absolute Gasteiger partial charge is 0.417 e. The predicted molar refractivity (Wildman–Crippen MR) is 80.5 cm³/mol. The maximum atomic E-state index is 12.8. The summed E-state index contributed by atoms with van der Waals surface area (Å²) in [5.41, 5.74) is 0.555. The van der Waals surface area contributed by atoms with E-state index in [2.05, 4.69) is 4.98 Å². The molecule has 124 valence electrons. The molecule has 1 aromatic heterocycles. The number of H-pyrrole nitrogens is 1. The number of aromatic nitrogens is 1. The lowest BCUT2D eigenvalue weighted by molar-refractivity contribution is -0.144. The largest absolute Gasteiger partial charge is 0.481 e. The summed E-state index contributed by atoms with van der Waals surface area (Å²) in [5, 5.41) is 9.23. The van der Waals surface area contributed by atoms with Crippen LogP contribution in [0.4, 0.5) is 0 Å². The molecule has 1 fully saturated rings. The second kappa shape index (κ2) is 5.50. The summed E-state index contributed by atoms with van der Waals surface area (Å²) in [6, 6.07) is 3.47. The van der Waals surface area contributed by atoms with Crippen LogP contribution in [0.15, 0.2) is 32.3 Å². The van der Waals surface area contributed by atoms with Gasteiger partial charge in [-0.05, 0) is 31.9 Å². The number of hydrogen-bond donors (Lipinski definition) is 2. The Labute approximate surface area is 131 Å². The van der Waals surface area contributed by atoms with E-state index in [1.807, 2.05) is 0 Å². The molecular formula is C14H16N2O6S. The normalized spacial score (nSPS) is 23.2. The number of oxazole rings is 1. The summed E-state index contributed by atoms with van der Waals surface area (Å²) in [7, 11) is -3.87. The third kappa shape index (κ3) is 2.66. The van der Waals surface area contributed by atoms with E-state index >= 15 is 0 Å². The highest BCUT2D eigenvalue weighted by Gasteiger charge is 2.39. The maximum Gasteiger partial charge on any atom is 0.417 e. The number of nitrogens with zero attached hydrogens (tertiary/aromatic N) is 1. The first kappa shape index (κ1) is 15.8. The first-order chi connectivity index (χ1) is 10.8. The van der Waals surface area contributed by atoms with Gasteiger partial charge in [0, 0.05) is 18.7 Å². The average Bonchev–Trinajstić information content (AvgIpc) is 2.85. The maximum absolute atomic E-state index is 12.8. The number of sulfonamides is 1. The van der Waals surface area contributed by atoms with Crippen molar-refractivity contribution in [2.24, 2.45) is 5.92 Å². The minimum Gasteiger partial charge on any atom is -0.481 e. The molecule has 2 atom stereocenters. The fourth-order valence-corrected chi connectivity index (χ4v) is 4.72. The zero-order valence-electron chi connectivity index (χ0n) is 12.4. The zero-order chi connectivity index (χ0) is 16.8. The van der Waals surface area contributed by atoms with Crippen LogP contribution in [0.3, 0.4) is 0 Å². The van der Waals surface area contributed by atoms with E-state index in [1.54, 1.807) is 6.92 Å². The molecule has 1 saturated heterocycles. The third-order valence-corrected chi connectivity index (χ3v) is 6.23. The van der Waals surface area contributed by atoms with Gasteiger partial charge in [0.2, 0.25) is 10.0 Å². The minimum absolute atomic E-state index is 0.0226. The summed E-state index contributed by atoms with van der Waals surface area (Å²) in [5.74, 6) is -2.39. The predicted octanol–water partition coefficient (Wildman–Crippen LogP) is 0.995. The second-order valence-corrected chi connectivity index (χ2v) is 7.51. The van der Waals surface area contributed by atoms with Gasteiger partial charge >= 0.3 is 11.7 Å². The second-order valence-electron chi connectivity index (χ2n) is 5.62. The molecule has 1 aliphatic rings. The quantitative estimate of drug-likeness (QED) is 0.860. The molecule has 0 amide bonds. The Kier molecular flexibility index (Phi) is 3.77. The van der Waals surface area contributed by atoms with Crippen molar-refractivity contribution in [1.29, 1.82) is 0 Å². The van der Waals surface area contributed by atoms with Crippen molar-refractivity contribution in [3.63, 3.8) is 0 Å². The molecule has 0 spiro atoms. The Morgan fingerprint density at radius 2 is 2.17 bits per heavy atom. The highest BCUT2D eigenvalue weighted by atomic mass is 32.2. The van der Waals surface area contributed by atoms with Crippen LogP contribution >= 0.6 is 0 Å². The molecule has 0 bridgehead atoms. The van der Waals surface area contributed by atoms with Crippen molar-refractivity contribution >= 4 is 27.1 Å². The van der Waals surface area contributed by atoms with E-state index in [0.29, 0.717) is 18.4 Å². The van der Waals surface area contributed by atoms with Crippen LogP contribution in [0.25, 0.3) is 11.1 Å². The van der Waals surface area contributed by atoms with Gasteiger partial charge in [0.1, 0.15) is 0 Å². The van der Waals surface area contributed by atoms with Gasteiger partial charge in [-0.3, -0.25) is 9.78 Å². The van der Waals surface area contributed by atoms with Crippen LogP contribution in [0.1, 0.15) is 19.8 Å². The summed E-state index contributed by atoms with van der Waals surface area (Å²) < 4.78 is 31.7. The minimum atomic E-state index is -3.87. The Morgan fingerprint density at radius 3 is 2.87 bits per heavy atom. The van der Waals surface area contributed by atoms with E-state index < -0.39 is 33.7 Å². The lowest BCUT2D eigenvalue weighted by atomic mass is 9.92. The van der Waals surface area contributed by atoms with Crippen LogP contribution in [-0.4, -0.2) is 41.4 Å². The molecule has 1 aromatic carbocycles. The van der Waals surface area contributed by atoms with Crippen LogP contribution < -0.4 is 5.76 Å². The zero-order valence-corrected chi connectivity index (χ0v) is 13.2. The lowest BCUT2D eigenvalue weighted by Gasteiger charge is -2.36. The fraction of sp³-hybridized carbons (Fsp3) is 0.429. The Morgan fingerprint density at radius 1 is 1.43 bits per heavy atom. The number of hydrogen-bond acceptors (Lipinski definition) is 5. The van der Waals surface area contributed by atoms with Crippen molar-refractivity contribution in [3.05, 3.63) is 28.7 Å².